The second-order valence-corrected chi connectivity index (χ2v) is 8.27. The Kier molecular flexibility index (Phi) is 5.93. The fraction of sp³-hybridized carbons (Fsp3) is 0.381. The van der Waals surface area contributed by atoms with Crippen LogP contribution in [0.2, 0.25) is 5.15 Å². The molecule has 0 aliphatic carbocycles. The van der Waals surface area contributed by atoms with Crippen molar-refractivity contribution in [3.63, 3.8) is 0 Å². The molecule has 1 fully saturated rings. The van der Waals surface area contributed by atoms with Gasteiger partial charge in [0.25, 0.3) is 0 Å². The summed E-state index contributed by atoms with van der Waals surface area (Å²) in [4.78, 5) is 8.36. The van der Waals surface area contributed by atoms with E-state index in [0.717, 1.165) is 61.3 Å². The smallest absolute Gasteiger partial charge is 0.134 e. The first kappa shape index (κ1) is 18.7. The van der Waals surface area contributed by atoms with E-state index < -0.39 is 0 Å². The summed E-state index contributed by atoms with van der Waals surface area (Å²) in [5.41, 5.74) is 1.90. The highest BCUT2D eigenvalue weighted by Gasteiger charge is 2.21. The Hall–Kier alpha value is -1.66. The van der Waals surface area contributed by atoms with E-state index in [-0.39, 0.29) is 0 Å². The summed E-state index contributed by atoms with van der Waals surface area (Å²) in [6.45, 7) is 3.44. The van der Waals surface area contributed by atoms with Crippen molar-refractivity contribution in [2.24, 2.45) is 0 Å². The van der Waals surface area contributed by atoms with Gasteiger partial charge in [0.1, 0.15) is 10.9 Å². The van der Waals surface area contributed by atoms with Gasteiger partial charge in [0.2, 0.25) is 0 Å². The van der Waals surface area contributed by atoms with Gasteiger partial charge in [0, 0.05) is 48.1 Å². The van der Waals surface area contributed by atoms with E-state index in [2.05, 4.69) is 33.5 Å². The average molecular weight is 403 g/mol. The van der Waals surface area contributed by atoms with Crippen molar-refractivity contribution in [1.82, 2.24) is 9.88 Å². The zero-order valence-corrected chi connectivity index (χ0v) is 16.9. The minimum absolute atomic E-state index is 0.307. The molecule has 27 heavy (non-hydrogen) atoms. The molecule has 3 aromatic rings. The van der Waals surface area contributed by atoms with E-state index in [1.165, 1.54) is 4.88 Å². The number of benzene rings is 1. The van der Waals surface area contributed by atoms with Crippen molar-refractivity contribution in [3.8, 4) is 5.75 Å². The molecule has 6 heteroatoms. The maximum Gasteiger partial charge on any atom is 0.134 e. The maximum absolute atomic E-state index is 6.53. The summed E-state index contributed by atoms with van der Waals surface area (Å²) in [5.74, 6) is 0.788. The number of aromatic nitrogens is 1. The van der Waals surface area contributed by atoms with Gasteiger partial charge in [-0.1, -0.05) is 17.7 Å². The summed E-state index contributed by atoms with van der Waals surface area (Å²) in [7, 11) is 1.66. The highest BCUT2D eigenvalue weighted by Crippen LogP contribution is 2.26. The van der Waals surface area contributed by atoms with Gasteiger partial charge in [-0.05, 0) is 42.5 Å². The topological polar surface area (TPSA) is 34.6 Å². The first-order valence-electron chi connectivity index (χ1n) is 9.21. The number of nitrogens with zero attached hydrogens (tertiary/aromatic N) is 2. The molecule has 0 N–H and O–H groups in total. The lowest BCUT2D eigenvalue weighted by atomic mass is 10.1. The summed E-state index contributed by atoms with van der Waals surface area (Å²) in [6, 6.07) is 12.3. The minimum Gasteiger partial charge on any atom is -0.497 e. The fourth-order valence-corrected chi connectivity index (χ4v) is 4.48. The number of hydrogen-bond donors (Lipinski definition) is 0. The van der Waals surface area contributed by atoms with Crippen molar-refractivity contribution in [3.05, 3.63) is 57.4 Å². The second-order valence-electron chi connectivity index (χ2n) is 6.88. The SMILES string of the molecule is COc1ccc2cc(CN(Cc3cccs3)CC3CCCO3)c(Cl)nc2c1. The van der Waals surface area contributed by atoms with E-state index in [4.69, 9.17) is 21.1 Å². The molecule has 0 spiro atoms. The Bertz CT molecular complexity index is 895. The molecule has 3 heterocycles. The predicted octanol–water partition coefficient (Wildman–Crippen LogP) is 5.14. The Labute approximate surface area is 168 Å². The van der Waals surface area contributed by atoms with Gasteiger partial charge < -0.3 is 9.47 Å². The van der Waals surface area contributed by atoms with Crippen LogP contribution in [0, 0.1) is 0 Å². The van der Waals surface area contributed by atoms with Crippen molar-refractivity contribution in [2.75, 3.05) is 20.3 Å². The number of methoxy groups -OCH3 is 1. The number of pyridine rings is 1. The van der Waals surface area contributed by atoms with Crippen LogP contribution < -0.4 is 4.74 Å². The Morgan fingerprint density at radius 1 is 1.30 bits per heavy atom. The molecule has 0 amide bonds. The van der Waals surface area contributed by atoms with E-state index in [9.17, 15) is 0 Å². The lowest BCUT2D eigenvalue weighted by Gasteiger charge is -2.25. The Morgan fingerprint density at radius 2 is 2.22 bits per heavy atom. The first-order chi connectivity index (χ1) is 13.2. The molecule has 1 unspecified atom stereocenters. The highest BCUT2D eigenvalue weighted by atomic mass is 35.5. The first-order valence-corrected chi connectivity index (χ1v) is 10.5. The van der Waals surface area contributed by atoms with Crippen LogP contribution >= 0.6 is 22.9 Å². The Morgan fingerprint density at radius 3 is 2.96 bits per heavy atom. The molecule has 0 bridgehead atoms. The zero-order valence-electron chi connectivity index (χ0n) is 15.4. The van der Waals surface area contributed by atoms with E-state index >= 15 is 0 Å². The number of ether oxygens (including phenoxy) is 2. The van der Waals surface area contributed by atoms with Gasteiger partial charge in [0.15, 0.2) is 0 Å². The lowest BCUT2D eigenvalue weighted by molar-refractivity contribution is 0.0682. The summed E-state index contributed by atoms with van der Waals surface area (Å²) in [6.07, 6.45) is 2.59. The van der Waals surface area contributed by atoms with Crippen LogP contribution in [0.15, 0.2) is 41.8 Å². The third kappa shape index (κ3) is 4.61. The average Bonchev–Trinajstić information content (AvgIpc) is 3.36. The maximum atomic E-state index is 6.53. The predicted molar refractivity (Wildman–Crippen MR) is 111 cm³/mol. The molecular weight excluding hydrogens is 380 g/mol. The third-order valence-corrected chi connectivity index (χ3v) is 6.08. The molecule has 142 valence electrons. The van der Waals surface area contributed by atoms with E-state index in [1.807, 2.05) is 18.2 Å². The summed E-state index contributed by atoms with van der Waals surface area (Å²) >= 11 is 8.32. The van der Waals surface area contributed by atoms with Crippen LogP contribution in [-0.2, 0) is 17.8 Å². The number of halogens is 1. The number of fused-ring (bicyclic) bond motifs is 1. The number of hydrogen-bond acceptors (Lipinski definition) is 5. The fourth-order valence-electron chi connectivity index (χ4n) is 3.53. The summed E-state index contributed by atoms with van der Waals surface area (Å²) in [5, 5.41) is 3.75. The van der Waals surface area contributed by atoms with E-state index in [0.29, 0.717) is 11.3 Å². The molecule has 1 aliphatic heterocycles. The van der Waals surface area contributed by atoms with Crippen molar-refractivity contribution in [1.29, 1.82) is 0 Å². The van der Waals surface area contributed by atoms with Crippen molar-refractivity contribution in [2.45, 2.75) is 32.0 Å². The molecule has 1 aromatic carbocycles. The quantitative estimate of drug-likeness (QED) is 0.512. The van der Waals surface area contributed by atoms with Crippen molar-refractivity contribution >= 4 is 33.8 Å². The zero-order chi connectivity index (χ0) is 18.6. The van der Waals surface area contributed by atoms with Gasteiger partial charge in [-0.25, -0.2) is 4.98 Å². The summed E-state index contributed by atoms with van der Waals surface area (Å²) < 4.78 is 11.2. The molecular formula is C21H23ClN2O2S. The van der Waals surface area contributed by atoms with Gasteiger partial charge in [-0.15, -0.1) is 11.3 Å². The largest absolute Gasteiger partial charge is 0.497 e. The standard InChI is InChI=1S/C21H23ClN2O2S/c1-25-17-7-6-15-10-16(21(22)23-20(15)11-17)12-24(13-18-4-2-8-26-18)14-19-5-3-9-27-19/h3,5-7,9-11,18H,2,4,8,12-14H2,1H3. The van der Waals surface area contributed by atoms with Crippen molar-refractivity contribution < 1.29 is 9.47 Å². The van der Waals surface area contributed by atoms with Crippen LogP contribution in [0.1, 0.15) is 23.3 Å². The second kappa shape index (κ2) is 8.57. The normalized spacial score (nSPS) is 17.1. The molecule has 4 rings (SSSR count). The van der Waals surface area contributed by atoms with Crippen LogP contribution in [0.5, 0.6) is 5.75 Å². The minimum atomic E-state index is 0.307. The highest BCUT2D eigenvalue weighted by molar-refractivity contribution is 7.09. The monoisotopic (exact) mass is 402 g/mol. The van der Waals surface area contributed by atoms with Gasteiger partial charge in [-0.2, -0.15) is 0 Å². The van der Waals surface area contributed by atoms with Crippen LogP contribution in [0.3, 0.4) is 0 Å². The molecule has 4 nitrogen and oxygen atoms in total. The van der Waals surface area contributed by atoms with Crippen LogP contribution in [-0.4, -0.2) is 36.2 Å². The molecule has 0 radical (unpaired) electrons. The van der Waals surface area contributed by atoms with Gasteiger partial charge >= 0.3 is 0 Å². The third-order valence-electron chi connectivity index (χ3n) is 4.89. The molecule has 0 saturated carbocycles. The molecule has 2 aromatic heterocycles. The van der Waals surface area contributed by atoms with Crippen LogP contribution in [0.25, 0.3) is 10.9 Å². The number of rotatable bonds is 7. The van der Waals surface area contributed by atoms with Gasteiger partial charge in [0.05, 0.1) is 18.7 Å². The lowest BCUT2D eigenvalue weighted by Crippen LogP contribution is -2.31. The Balaban J connectivity index is 1.57. The van der Waals surface area contributed by atoms with Gasteiger partial charge in [-0.3, -0.25) is 4.90 Å². The molecule has 1 saturated heterocycles. The molecule has 1 aliphatic rings. The molecule has 1 atom stereocenters. The van der Waals surface area contributed by atoms with Crippen LogP contribution in [0.4, 0.5) is 0 Å². The van der Waals surface area contributed by atoms with E-state index in [1.54, 1.807) is 18.4 Å². The number of thiophene rings is 1.